The molecule has 0 aliphatic rings. The highest BCUT2D eigenvalue weighted by atomic mass is 32.1. The van der Waals surface area contributed by atoms with E-state index < -0.39 is 12.0 Å². The second-order valence-corrected chi connectivity index (χ2v) is 2.67. The molecule has 2 unspecified atom stereocenters. The van der Waals surface area contributed by atoms with E-state index in [0.717, 1.165) is 0 Å². The number of thiol groups is 1. The first-order chi connectivity index (χ1) is 5.13. The van der Waals surface area contributed by atoms with E-state index in [1.165, 1.54) is 0 Å². The number of nitrogens with zero attached hydrogens (tertiary/aromatic N) is 2. The van der Waals surface area contributed by atoms with Crippen LogP contribution in [0.1, 0.15) is 6.92 Å². The van der Waals surface area contributed by atoms with Crippen molar-refractivity contribution >= 4 is 18.6 Å². The summed E-state index contributed by atoms with van der Waals surface area (Å²) >= 11 is 3.95. The zero-order valence-corrected chi connectivity index (χ0v) is 6.86. The first kappa shape index (κ1) is 10.2. The van der Waals surface area contributed by atoms with Crippen molar-refractivity contribution in [2.24, 2.45) is 22.1 Å². The smallest absolute Gasteiger partial charge is 0.352 e. The van der Waals surface area contributed by atoms with Crippen LogP contribution in [0, 0.1) is 0 Å². The van der Waals surface area contributed by atoms with Gasteiger partial charge in [-0.1, -0.05) is 12.1 Å². The van der Waals surface area contributed by atoms with Crippen molar-refractivity contribution in [1.29, 1.82) is 0 Å². The number of carbonyl (C=O) groups excluding carboxylic acids is 1. The van der Waals surface area contributed by atoms with E-state index in [-0.39, 0.29) is 5.25 Å². The molecule has 0 heterocycles. The molecule has 11 heavy (non-hydrogen) atoms. The summed E-state index contributed by atoms with van der Waals surface area (Å²) in [5.41, 5.74) is 0. The van der Waals surface area contributed by atoms with Crippen molar-refractivity contribution in [2.75, 3.05) is 0 Å². The van der Waals surface area contributed by atoms with Crippen LogP contribution in [0.25, 0.3) is 0 Å². The van der Waals surface area contributed by atoms with Gasteiger partial charge in [0.05, 0.1) is 0 Å². The van der Waals surface area contributed by atoms with Crippen molar-refractivity contribution in [1.82, 2.24) is 0 Å². The summed E-state index contributed by atoms with van der Waals surface area (Å²) in [5, 5.41) is 5.98. The van der Waals surface area contributed by atoms with Gasteiger partial charge < -0.3 is 10.7 Å². The third-order valence-electron chi connectivity index (χ3n) is 1.01. The molecule has 0 fully saturated rings. The number of carbonyl (C=O) groups is 1. The fourth-order valence-corrected chi connectivity index (χ4v) is 0.663. The molecule has 0 saturated carbocycles. The highest BCUT2D eigenvalue weighted by Gasteiger charge is 2.23. The van der Waals surface area contributed by atoms with Gasteiger partial charge in [-0.05, 0) is 0 Å². The number of nitrogens with two attached hydrogens (primary N) is 2. The van der Waals surface area contributed by atoms with E-state index >= 15 is 0 Å². The van der Waals surface area contributed by atoms with E-state index in [9.17, 15) is 4.79 Å². The minimum absolute atomic E-state index is 0.335. The zero-order chi connectivity index (χ0) is 8.85. The Bertz CT molecular complexity index is 160. The fraction of sp³-hybridized carbons (Fsp3) is 0.750. The summed E-state index contributed by atoms with van der Waals surface area (Å²) in [7, 11) is 0. The van der Waals surface area contributed by atoms with Crippen LogP contribution in [-0.4, -0.2) is 17.3 Å². The molecule has 7 heteroatoms. The van der Waals surface area contributed by atoms with Gasteiger partial charge >= 0.3 is 5.97 Å². The van der Waals surface area contributed by atoms with Crippen molar-refractivity contribution in [2.45, 2.75) is 18.2 Å². The monoisotopic (exact) mass is 178 g/mol. The third-order valence-corrected chi connectivity index (χ3v) is 1.29. The van der Waals surface area contributed by atoms with Crippen LogP contribution in [0.4, 0.5) is 0 Å². The number of rotatable bonds is 3. The highest BCUT2D eigenvalue weighted by Crippen LogP contribution is 2.06. The van der Waals surface area contributed by atoms with E-state index in [0.29, 0.717) is 0 Å². The van der Waals surface area contributed by atoms with Gasteiger partial charge in [0.2, 0.25) is 0 Å². The van der Waals surface area contributed by atoms with E-state index in [1.807, 2.05) is 0 Å². The Morgan fingerprint density at radius 2 is 2.27 bits per heavy atom. The largest absolute Gasteiger partial charge is 0.372 e. The minimum Gasteiger partial charge on any atom is -0.372 e. The lowest BCUT2D eigenvalue weighted by atomic mass is 10.2. The van der Waals surface area contributed by atoms with Crippen LogP contribution in [-0.2, 0) is 9.63 Å². The fourth-order valence-electron chi connectivity index (χ4n) is 0.482. The molecule has 64 valence electrons. The Labute approximate surface area is 69.3 Å². The number of hydrogen-bond donors (Lipinski definition) is 3. The molecule has 4 N–H and O–H groups in total. The Morgan fingerprint density at radius 1 is 1.73 bits per heavy atom. The second kappa shape index (κ2) is 4.91. The van der Waals surface area contributed by atoms with Crippen molar-refractivity contribution in [3.8, 4) is 0 Å². The van der Waals surface area contributed by atoms with Crippen LogP contribution >= 0.6 is 12.6 Å². The molecule has 0 saturated heterocycles. The van der Waals surface area contributed by atoms with Crippen LogP contribution in [0.5, 0.6) is 0 Å². The highest BCUT2D eigenvalue weighted by molar-refractivity contribution is 7.81. The lowest BCUT2D eigenvalue weighted by Crippen LogP contribution is -2.30. The van der Waals surface area contributed by atoms with Gasteiger partial charge in [-0.2, -0.15) is 23.6 Å². The summed E-state index contributed by atoms with van der Waals surface area (Å²) in [5.74, 6) is 8.64. The van der Waals surface area contributed by atoms with Crippen LogP contribution in [0.3, 0.4) is 0 Å². The first-order valence-corrected chi connectivity index (χ1v) is 3.33. The molecule has 0 radical (unpaired) electrons. The molecule has 0 aliphatic heterocycles. The van der Waals surface area contributed by atoms with Gasteiger partial charge in [-0.3, -0.25) is 0 Å². The SMILES string of the molecule is CC(S)C(N=NN)C(=O)ON. The first-order valence-electron chi connectivity index (χ1n) is 2.82. The standard InChI is InChI=1S/C4H10N4O2S/c1-2(11)3(7-8-5)4(9)10-6/h2-3,11H,6H2,1H3,(H2,5,7). The molecule has 0 rings (SSSR count). The predicted octanol–water partition coefficient (Wildman–Crippen LogP) is -0.584. The van der Waals surface area contributed by atoms with Crippen LogP contribution < -0.4 is 11.7 Å². The van der Waals surface area contributed by atoms with E-state index in [4.69, 9.17) is 5.84 Å². The Balaban J connectivity index is 4.21. The summed E-state index contributed by atoms with van der Waals surface area (Å²) in [4.78, 5) is 14.7. The topological polar surface area (TPSA) is 103 Å². The summed E-state index contributed by atoms with van der Waals surface area (Å²) < 4.78 is 0. The maximum Gasteiger partial charge on any atom is 0.352 e. The normalized spacial score (nSPS) is 16.3. The Kier molecular flexibility index (Phi) is 4.55. The molecule has 0 bridgehead atoms. The van der Waals surface area contributed by atoms with Gasteiger partial charge in [0.25, 0.3) is 0 Å². The van der Waals surface area contributed by atoms with Gasteiger partial charge in [-0.15, -0.1) is 0 Å². The summed E-state index contributed by atoms with van der Waals surface area (Å²) in [6.45, 7) is 1.65. The van der Waals surface area contributed by atoms with Crippen LogP contribution in [0.15, 0.2) is 10.3 Å². The Hall–Kier alpha value is -0.820. The van der Waals surface area contributed by atoms with Gasteiger partial charge in [-0.25, -0.2) is 4.79 Å². The third kappa shape index (κ3) is 3.19. The summed E-state index contributed by atoms with van der Waals surface area (Å²) in [6, 6.07) is -0.840. The second-order valence-electron chi connectivity index (χ2n) is 1.85. The maximum atomic E-state index is 10.7. The molecule has 0 spiro atoms. The van der Waals surface area contributed by atoms with Gasteiger partial charge in [0.1, 0.15) is 0 Å². The quantitative estimate of drug-likeness (QED) is 0.233. The van der Waals surface area contributed by atoms with E-state index in [2.05, 4.69) is 33.7 Å². The van der Waals surface area contributed by atoms with Crippen molar-refractivity contribution in [3.05, 3.63) is 0 Å². The minimum atomic E-state index is -0.840. The molecular weight excluding hydrogens is 168 g/mol. The summed E-state index contributed by atoms with van der Waals surface area (Å²) in [6.07, 6.45) is 0. The number of hydrogen-bond acceptors (Lipinski definition) is 6. The van der Waals surface area contributed by atoms with Crippen molar-refractivity contribution < 1.29 is 9.63 Å². The average Bonchev–Trinajstić information content (AvgIpc) is 1.98. The average molecular weight is 178 g/mol. The lowest BCUT2D eigenvalue weighted by Gasteiger charge is -2.09. The molecule has 0 aromatic rings. The molecule has 2 atom stereocenters. The van der Waals surface area contributed by atoms with Crippen molar-refractivity contribution in [3.63, 3.8) is 0 Å². The molecule has 0 aliphatic carbocycles. The molecule has 0 aromatic carbocycles. The predicted molar refractivity (Wildman–Crippen MR) is 41.6 cm³/mol. The van der Waals surface area contributed by atoms with Crippen LogP contribution in [0.2, 0.25) is 0 Å². The molecule has 0 amide bonds. The maximum absolute atomic E-state index is 10.7. The molecule has 0 aromatic heterocycles. The lowest BCUT2D eigenvalue weighted by molar-refractivity contribution is -0.145. The zero-order valence-electron chi connectivity index (χ0n) is 5.97. The molecular formula is C4H10N4O2S. The van der Waals surface area contributed by atoms with E-state index in [1.54, 1.807) is 6.92 Å². The Morgan fingerprint density at radius 3 is 2.55 bits per heavy atom. The molecule has 6 nitrogen and oxygen atoms in total. The van der Waals surface area contributed by atoms with Gasteiger partial charge in [0.15, 0.2) is 6.04 Å². The van der Waals surface area contributed by atoms with Gasteiger partial charge in [0, 0.05) is 5.25 Å².